The van der Waals surface area contributed by atoms with Gasteiger partial charge in [0.15, 0.2) is 0 Å². The summed E-state index contributed by atoms with van der Waals surface area (Å²) in [6.45, 7) is 2.48. The van der Waals surface area contributed by atoms with Crippen molar-refractivity contribution in [3.8, 4) is 0 Å². The second kappa shape index (κ2) is 4.54. The van der Waals surface area contributed by atoms with Crippen LogP contribution >= 0.6 is 0 Å². The molecule has 0 heterocycles. The average molecular weight is 221 g/mol. The molecule has 0 atom stereocenters. The van der Waals surface area contributed by atoms with E-state index in [2.05, 4.69) is 0 Å². The first-order valence-corrected chi connectivity index (χ1v) is 6.15. The van der Waals surface area contributed by atoms with Gasteiger partial charge in [-0.3, -0.25) is 0 Å². The molecule has 1 saturated carbocycles. The summed E-state index contributed by atoms with van der Waals surface area (Å²) in [5, 5.41) is 0. The van der Waals surface area contributed by atoms with E-state index >= 15 is 0 Å². The molecule has 0 aliphatic heterocycles. The SMILES string of the molecule is Cc1ccc(C2(CN)CCCCC2)c(F)c1. The van der Waals surface area contributed by atoms with Gasteiger partial charge in [-0.05, 0) is 37.0 Å². The Morgan fingerprint density at radius 1 is 1.25 bits per heavy atom. The molecule has 1 aromatic rings. The van der Waals surface area contributed by atoms with E-state index in [1.54, 1.807) is 6.07 Å². The number of rotatable bonds is 2. The van der Waals surface area contributed by atoms with Crippen molar-refractivity contribution in [1.82, 2.24) is 0 Å². The van der Waals surface area contributed by atoms with Crippen LogP contribution < -0.4 is 5.73 Å². The first-order valence-electron chi connectivity index (χ1n) is 6.15. The Morgan fingerprint density at radius 2 is 1.94 bits per heavy atom. The third kappa shape index (κ3) is 1.99. The lowest BCUT2D eigenvalue weighted by molar-refractivity contribution is 0.291. The molecule has 1 aliphatic rings. The maximum Gasteiger partial charge on any atom is 0.127 e. The molecule has 1 nitrogen and oxygen atoms in total. The van der Waals surface area contributed by atoms with E-state index in [-0.39, 0.29) is 11.2 Å². The summed E-state index contributed by atoms with van der Waals surface area (Å²) >= 11 is 0. The van der Waals surface area contributed by atoms with Crippen molar-refractivity contribution < 1.29 is 4.39 Å². The molecule has 88 valence electrons. The fourth-order valence-electron chi connectivity index (χ4n) is 2.86. The van der Waals surface area contributed by atoms with Crippen molar-refractivity contribution in [1.29, 1.82) is 0 Å². The largest absolute Gasteiger partial charge is 0.330 e. The molecule has 2 rings (SSSR count). The first kappa shape index (κ1) is 11.6. The number of halogens is 1. The lowest BCUT2D eigenvalue weighted by Gasteiger charge is -2.37. The Bertz CT molecular complexity index is 367. The van der Waals surface area contributed by atoms with Gasteiger partial charge in [-0.1, -0.05) is 31.4 Å². The van der Waals surface area contributed by atoms with Crippen LogP contribution in [0.3, 0.4) is 0 Å². The third-order valence-corrected chi connectivity index (χ3v) is 3.90. The molecule has 0 spiro atoms. The predicted octanol–water partition coefficient (Wildman–Crippen LogP) is 3.29. The summed E-state index contributed by atoms with van der Waals surface area (Å²) in [6, 6.07) is 5.55. The fourth-order valence-corrected chi connectivity index (χ4v) is 2.86. The Kier molecular flexibility index (Phi) is 3.29. The van der Waals surface area contributed by atoms with Crippen LogP contribution in [0.5, 0.6) is 0 Å². The highest BCUT2D eigenvalue weighted by Gasteiger charge is 2.34. The quantitative estimate of drug-likeness (QED) is 0.814. The van der Waals surface area contributed by atoms with Crippen molar-refractivity contribution in [2.45, 2.75) is 44.4 Å². The van der Waals surface area contributed by atoms with Crippen molar-refractivity contribution in [3.63, 3.8) is 0 Å². The maximum atomic E-state index is 14.0. The summed E-state index contributed by atoms with van der Waals surface area (Å²) in [4.78, 5) is 0. The molecule has 0 radical (unpaired) electrons. The summed E-state index contributed by atoms with van der Waals surface area (Å²) in [6.07, 6.45) is 5.66. The number of hydrogen-bond acceptors (Lipinski definition) is 1. The molecule has 0 amide bonds. The zero-order chi connectivity index (χ0) is 11.6. The maximum absolute atomic E-state index is 14.0. The minimum Gasteiger partial charge on any atom is -0.330 e. The fraction of sp³-hybridized carbons (Fsp3) is 0.571. The number of hydrogen-bond donors (Lipinski definition) is 1. The van der Waals surface area contributed by atoms with Crippen molar-refractivity contribution in [3.05, 3.63) is 35.1 Å². The van der Waals surface area contributed by atoms with Gasteiger partial charge in [0.05, 0.1) is 0 Å². The van der Waals surface area contributed by atoms with E-state index in [1.807, 2.05) is 19.1 Å². The van der Waals surface area contributed by atoms with Crippen LogP contribution in [0.15, 0.2) is 18.2 Å². The van der Waals surface area contributed by atoms with Crippen molar-refractivity contribution >= 4 is 0 Å². The molecule has 0 bridgehead atoms. The van der Waals surface area contributed by atoms with Gasteiger partial charge in [-0.2, -0.15) is 0 Å². The summed E-state index contributed by atoms with van der Waals surface area (Å²) in [5.41, 5.74) is 7.62. The zero-order valence-electron chi connectivity index (χ0n) is 9.93. The molecular weight excluding hydrogens is 201 g/mol. The minimum atomic E-state index is -0.101. The van der Waals surface area contributed by atoms with Crippen LogP contribution in [0, 0.1) is 12.7 Å². The van der Waals surface area contributed by atoms with E-state index in [4.69, 9.17) is 5.73 Å². The topological polar surface area (TPSA) is 26.0 Å². The van der Waals surface area contributed by atoms with Gasteiger partial charge < -0.3 is 5.73 Å². The smallest absolute Gasteiger partial charge is 0.127 e. The lowest BCUT2D eigenvalue weighted by atomic mass is 9.69. The number of aryl methyl sites for hydroxylation is 1. The monoisotopic (exact) mass is 221 g/mol. The summed E-state index contributed by atoms with van der Waals surface area (Å²) < 4.78 is 14.0. The van der Waals surface area contributed by atoms with Gasteiger partial charge in [-0.15, -0.1) is 0 Å². The molecule has 16 heavy (non-hydrogen) atoms. The molecule has 0 aromatic heterocycles. The highest BCUT2D eigenvalue weighted by Crippen LogP contribution is 2.39. The number of nitrogens with two attached hydrogens (primary N) is 1. The summed E-state index contributed by atoms with van der Waals surface area (Å²) in [7, 11) is 0. The Morgan fingerprint density at radius 3 is 2.50 bits per heavy atom. The number of benzene rings is 1. The van der Waals surface area contributed by atoms with Gasteiger partial charge in [0.1, 0.15) is 5.82 Å². The Balaban J connectivity index is 2.39. The van der Waals surface area contributed by atoms with E-state index in [0.717, 1.165) is 24.0 Å². The highest BCUT2D eigenvalue weighted by atomic mass is 19.1. The molecular formula is C14H20FN. The highest BCUT2D eigenvalue weighted by molar-refractivity contribution is 5.31. The van der Waals surface area contributed by atoms with Crippen LogP contribution in [0.2, 0.25) is 0 Å². The predicted molar refractivity (Wildman–Crippen MR) is 65.0 cm³/mol. The van der Waals surface area contributed by atoms with E-state index in [9.17, 15) is 4.39 Å². The van der Waals surface area contributed by atoms with Crippen LogP contribution in [-0.4, -0.2) is 6.54 Å². The zero-order valence-corrected chi connectivity index (χ0v) is 9.93. The van der Waals surface area contributed by atoms with E-state index < -0.39 is 0 Å². The van der Waals surface area contributed by atoms with Gasteiger partial charge in [-0.25, -0.2) is 4.39 Å². The normalized spacial score (nSPS) is 19.7. The van der Waals surface area contributed by atoms with E-state index in [1.165, 1.54) is 19.3 Å². The third-order valence-electron chi connectivity index (χ3n) is 3.90. The van der Waals surface area contributed by atoms with E-state index in [0.29, 0.717) is 6.54 Å². The molecule has 0 saturated heterocycles. The molecule has 1 aromatic carbocycles. The average Bonchev–Trinajstić information content (AvgIpc) is 2.30. The lowest BCUT2D eigenvalue weighted by Crippen LogP contribution is -2.38. The van der Waals surface area contributed by atoms with Crippen molar-refractivity contribution in [2.75, 3.05) is 6.54 Å². The Hall–Kier alpha value is -0.890. The van der Waals surface area contributed by atoms with Gasteiger partial charge in [0, 0.05) is 12.0 Å². The molecule has 0 unspecified atom stereocenters. The molecule has 2 N–H and O–H groups in total. The van der Waals surface area contributed by atoms with Crippen LogP contribution in [0.25, 0.3) is 0 Å². The Labute approximate surface area is 96.9 Å². The van der Waals surface area contributed by atoms with Crippen LogP contribution in [0.1, 0.15) is 43.2 Å². The minimum absolute atomic E-state index is 0.0765. The second-order valence-electron chi connectivity index (χ2n) is 5.03. The molecule has 1 fully saturated rings. The van der Waals surface area contributed by atoms with Gasteiger partial charge in [0.25, 0.3) is 0 Å². The summed E-state index contributed by atoms with van der Waals surface area (Å²) in [5.74, 6) is -0.0765. The van der Waals surface area contributed by atoms with Crippen LogP contribution in [-0.2, 0) is 5.41 Å². The van der Waals surface area contributed by atoms with Crippen LogP contribution in [0.4, 0.5) is 4.39 Å². The first-order chi connectivity index (χ1) is 7.68. The standard InChI is InChI=1S/C14H20FN/c1-11-5-6-12(13(15)9-11)14(10-16)7-3-2-4-8-14/h5-6,9H,2-4,7-8,10,16H2,1H3. The molecule has 1 aliphatic carbocycles. The second-order valence-corrected chi connectivity index (χ2v) is 5.03. The van der Waals surface area contributed by atoms with Crippen molar-refractivity contribution in [2.24, 2.45) is 5.73 Å². The van der Waals surface area contributed by atoms with Gasteiger partial charge >= 0.3 is 0 Å². The van der Waals surface area contributed by atoms with Gasteiger partial charge in [0.2, 0.25) is 0 Å². The molecule has 2 heteroatoms.